The first-order valence-corrected chi connectivity index (χ1v) is 27.3. The van der Waals surface area contributed by atoms with Crippen molar-refractivity contribution in [3.63, 3.8) is 0 Å². The SMILES string of the molecule is CC/C=C\C/C=C\C/C=C\C/C=C\C/C=C\C/C=C\CCCCC(=O)OCC(COC(=O)CCCCC/C=C\C/C=C\C/C=C\CC)OC(=O)CCCCCCCCC/C=C\C/C=C\C/C=C\CC. The number of hydrogen-bond donors (Lipinski definition) is 0. The standard InChI is InChI=1S/C63H98O6/c1-4-7-10-13-16-19-22-25-27-29-30-31-32-34-35-38-41-44-47-50-53-56-62(65)68-59-60(58-67-61(64)55-52-49-46-43-40-37-24-21-18-15-12-9-6-3)69-63(66)57-54-51-48-45-42-39-36-33-28-26-23-20-17-14-11-8-5-2/h7-12,16-21,25-28,30-31,34-35,37,40-41,44,60H,4-6,13-15,22-24,29,32-33,36,38-39,42-43,45-59H2,1-3H3/b10-7-,11-8-,12-9-,19-16-,20-17-,21-18-,27-25-,28-26-,31-30-,35-34-,40-37-,44-41-. The van der Waals surface area contributed by atoms with Crippen LogP contribution in [0, 0.1) is 0 Å². The van der Waals surface area contributed by atoms with Crippen molar-refractivity contribution in [2.24, 2.45) is 0 Å². The van der Waals surface area contributed by atoms with Crippen LogP contribution in [-0.4, -0.2) is 37.2 Å². The summed E-state index contributed by atoms with van der Waals surface area (Å²) in [5, 5.41) is 0. The fraction of sp³-hybridized carbons (Fsp3) is 0.571. The fourth-order valence-corrected chi connectivity index (χ4v) is 6.83. The van der Waals surface area contributed by atoms with E-state index in [1.54, 1.807) is 0 Å². The van der Waals surface area contributed by atoms with Gasteiger partial charge in [-0.2, -0.15) is 0 Å². The van der Waals surface area contributed by atoms with Gasteiger partial charge in [0.25, 0.3) is 0 Å². The molecule has 0 fully saturated rings. The van der Waals surface area contributed by atoms with Gasteiger partial charge in [-0.1, -0.05) is 205 Å². The molecule has 386 valence electrons. The number of carbonyl (C=O) groups excluding carboxylic acids is 3. The molecule has 0 radical (unpaired) electrons. The highest BCUT2D eigenvalue weighted by atomic mass is 16.6. The topological polar surface area (TPSA) is 78.9 Å². The predicted molar refractivity (Wildman–Crippen MR) is 297 cm³/mol. The van der Waals surface area contributed by atoms with Crippen molar-refractivity contribution in [1.82, 2.24) is 0 Å². The molecular formula is C63H98O6. The maximum atomic E-state index is 12.8. The predicted octanol–water partition coefficient (Wildman–Crippen LogP) is 18.4. The highest BCUT2D eigenvalue weighted by molar-refractivity contribution is 5.71. The van der Waals surface area contributed by atoms with Crippen molar-refractivity contribution in [3.05, 3.63) is 146 Å². The lowest BCUT2D eigenvalue weighted by molar-refractivity contribution is -0.167. The molecule has 0 heterocycles. The van der Waals surface area contributed by atoms with E-state index in [1.165, 1.54) is 19.3 Å². The third-order valence-corrected chi connectivity index (χ3v) is 10.8. The van der Waals surface area contributed by atoms with Gasteiger partial charge in [-0.25, -0.2) is 0 Å². The molecular weight excluding hydrogens is 853 g/mol. The van der Waals surface area contributed by atoms with E-state index in [0.717, 1.165) is 148 Å². The molecule has 0 spiro atoms. The molecule has 0 saturated carbocycles. The van der Waals surface area contributed by atoms with Crippen LogP contribution in [0.3, 0.4) is 0 Å². The Labute approximate surface area is 423 Å². The average Bonchev–Trinajstić information content (AvgIpc) is 3.35. The Morgan fingerprint density at radius 1 is 0.290 bits per heavy atom. The van der Waals surface area contributed by atoms with Gasteiger partial charge in [-0.15, -0.1) is 0 Å². The molecule has 6 heteroatoms. The van der Waals surface area contributed by atoms with Crippen LogP contribution in [0.4, 0.5) is 0 Å². The van der Waals surface area contributed by atoms with Gasteiger partial charge in [0.1, 0.15) is 13.2 Å². The Hall–Kier alpha value is -4.71. The minimum absolute atomic E-state index is 0.117. The summed E-state index contributed by atoms with van der Waals surface area (Å²) in [5.74, 6) is -1.01. The fourth-order valence-electron chi connectivity index (χ4n) is 6.83. The van der Waals surface area contributed by atoms with E-state index in [1.807, 2.05) is 0 Å². The Kier molecular flexibility index (Phi) is 52.1. The van der Waals surface area contributed by atoms with E-state index in [0.29, 0.717) is 19.3 Å². The zero-order valence-corrected chi connectivity index (χ0v) is 44.0. The molecule has 0 aliphatic heterocycles. The monoisotopic (exact) mass is 951 g/mol. The van der Waals surface area contributed by atoms with Crippen molar-refractivity contribution >= 4 is 17.9 Å². The largest absolute Gasteiger partial charge is 0.462 e. The second-order valence-corrected chi connectivity index (χ2v) is 17.3. The molecule has 0 aliphatic carbocycles. The average molecular weight is 951 g/mol. The molecule has 0 N–H and O–H groups in total. The minimum Gasteiger partial charge on any atom is -0.462 e. The molecule has 6 nitrogen and oxygen atoms in total. The molecule has 0 saturated heterocycles. The molecule has 0 aromatic rings. The summed E-state index contributed by atoms with van der Waals surface area (Å²) in [6, 6.07) is 0. The highest BCUT2D eigenvalue weighted by Gasteiger charge is 2.19. The smallest absolute Gasteiger partial charge is 0.306 e. The van der Waals surface area contributed by atoms with E-state index in [2.05, 4.69) is 167 Å². The van der Waals surface area contributed by atoms with Gasteiger partial charge in [0, 0.05) is 19.3 Å². The molecule has 0 aromatic carbocycles. The molecule has 0 bridgehead atoms. The zero-order valence-electron chi connectivity index (χ0n) is 44.0. The van der Waals surface area contributed by atoms with E-state index in [-0.39, 0.29) is 37.5 Å². The van der Waals surface area contributed by atoms with Crippen molar-refractivity contribution in [3.8, 4) is 0 Å². The molecule has 0 aliphatic rings. The third-order valence-electron chi connectivity index (χ3n) is 10.8. The molecule has 0 amide bonds. The lowest BCUT2D eigenvalue weighted by atomic mass is 10.1. The number of hydrogen-bond acceptors (Lipinski definition) is 6. The summed E-state index contributed by atoms with van der Waals surface area (Å²) in [4.78, 5) is 38.1. The summed E-state index contributed by atoms with van der Waals surface area (Å²) >= 11 is 0. The van der Waals surface area contributed by atoms with Gasteiger partial charge < -0.3 is 14.2 Å². The Morgan fingerprint density at radius 3 is 0.855 bits per heavy atom. The number of esters is 3. The minimum atomic E-state index is -0.820. The number of unbranched alkanes of at least 4 members (excludes halogenated alkanes) is 12. The Balaban J connectivity index is 4.53. The summed E-state index contributed by atoms with van der Waals surface area (Å²) in [6.45, 7) is 6.21. The van der Waals surface area contributed by atoms with E-state index >= 15 is 0 Å². The van der Waals surface area contributed by atoms with Crippen LogP contribution >= 0.6 is 0 Å². The first-order chi connectivity index (χ1) is 34.0. The van der Waals surface area contributed by atoms with E-state index in [4.69, 9.17) is 14.2 Å². The van der Waals surface area contributed by atoms with Crippen molar-refractivity contribution in [1.29, 1.82) is 0 Å². The van der Waals surface area contributed by atoms with Crippen LogP contribution < -0.4 is 0 Å². The van der Waals surface area contributed by atoms with Gasteiger partial charge in [0.05, 0.1) is 0 Å². The van der Waals surface area contributed by atoms with E-state index in [9.17, 15) is 14.4 Å². The van der Waals surface area contributed by atoms with Crippen LogP contribution in [-0.2, 0) is 28.6 Å². The normalized spacial score (nSPS) is 13.3. The lowest BCUT2D eigenvalue weighted by Gasteiger charge is -2.18. The number of rotatable bonds is 47. The lowest BCUT2D eigenvalue weighted by Crippen LogP contribution is -2.30. The van der Waals surface area contributed by atoms with Crippen molar-refractivity contribution in [2.45, 2.75) is 219 Å². The Morgan fingerprint density at radius 2 is 0.522 bits per heavy atom. The summed E-state index contributed by atoms with van der Waals surface area (Å²) in [7, 11) is 0. The van der Waals surface area contributed by atoms with Crippen LogP contribution in [0.25, 0.3) is 0 Å². The number of ether oxygens (including phenoxy) is 3. The maximum absolute atomic E-state index is 12.8. The van der Waals surface area contributed by atoms with E-state index < -0.39 is 6.10 Å². The first kappa shape index (κ1) is 64.3. The maximum Gasteiger partial charge on any atom is 0.306 e. The summed E-state index contributed by atoms with van der Waals surface area (Å²) in [5.41, 5.74) is 0. The summed E-state index contributed by atoms with van der Waals surface area (Å²) in [6.07, 6.45) is 79.8. The number of carbonyl (C=O) groups is 3. The second kappa shape index (κ2) is 55.9. The third kappa shape index (κ3) is 54.1. The molecule has 69 heavy (non-hydrogen) atoms. The van der Waals surface area contributed by atoms with Gasteiger partial charge >= 0.3 is 17.9 Å². The number of allylic oxidation sites excluding steroid dienone is 24. The van der Waals surface area contributed by atoms with Crippen molar-refractivity contribution < 1.29 is 28.6 Å². The van der Waals surface area contributed by atoms with Crippen LogP contribution in [0.1, 0.15) is 213 Å². The van der Waals surface area contributed by atoms with Crippen LogP contribution in [0.5, 0.6) is 0 Å². The van der Waals surface area contributed by atoms with Gasteiger partial charge in [-0.3, -0.25) is 14.4 Å². The summed E-state index contributed by atoms with van der Waals surface area (Å²) < 4.78 is 16.8. The quantitative estimate of drug-likeness (QED) is 0.0262. The molecule has 0 aromatic heterocycles. The van der Waals surface area contributed by atoms with Gasteiger partial charge in [0.2, 0.25) is 0 Å². The Bertz CT molecular complexity index is 1560. The van der Waals surface area contributed by atoms with Crippen molar-refractivity contribution in [2.75, 3.05) is 13.2 Å². The van der Waals surface area contributed by atoms with Crippen LogP contribution in [0.2, 0.25) is 0 Å². The molecule has 1 unspecified atom stereocenters. The molecule has 0 rings (SSSR count). The molecule has 1 atom stereocenters. The first-order valence-electron chi connectivity index (χ1n) is 27.3. The highest BCUT2D eigenvalue weighted by Crippen LogP contribution is 2.13. The second-order valence-electron chi connectivity index (χ2n) is 17.3. The zero-order chi connectivity index (χ0) is 50.0. The van der Waals surface area contributed by atoms with Gasteiger partial charge in [-0.05, 0) is 135 Å². The van der Waals surface area contributed by atoms with Crippen LogP contribution in [0.15, 0.2) is 146 Å². The van der Waals surface area contributed by atoms with Gasteiger partial charge in [0.15, 0.2) is 6.10 Å².